The molecule has 1 aromatic rings. The van der Waals surface area contributed by atoms with Gasteiger partial charge < -0.3 is 10.2 Å². The van der Waals surface area contributed by atoms with Gasteiger partial charge in [-0.15, -0.1) is 0 Å². The molecule has 0 amide bonds. The molecule has 0 bridgehead atoms. The molecule has 0 spiro atoms. The minimum absolute atomic E-state index is 0.660. The van der Waals surface area contributed by atoms with Crippen molar-refractivity contribution in [2.24, 2.45) is 5.92 Å². The topological polar surface area (TPSA) is 57.5 Å². The predicted molar refractivity (Wildman–Crippen MR) is 57.7 cm³/mol. The summed E-state index contributed by atoms with van der Waals surface area (Å²) in [5.41, 5.74) is 2.85. The normalized spacial score (nSPS) is 14.7. The van der Waals surface area contributed by atoms with Crippen molar-refractivity contribution in [3.63, 3.8) is 0 Å². The Morgan fingerprint density at radius 2 is 1.87 bits per heavy atom. The Balaban J connectivity index is 2.96. The number of hydrogen-bond acceptors (Lipinski definition) is 2. The molecule has 0 fully saturated rings. The van der Waals surface area contributed by atoms with E-state index in [1.807, 2.05) is 26.0 Å². The lowest BCUT2D eigenvalue weighted by atomic mass is 9.95. The van der Waals surface area contributed by atoms with Crippen LogP contribution in [0.3, 0.4) is 0 Å². The van der Waals surface area contributed by atoms with E-state index in [1.165, 1.54) is 6.92 Å². The molecule has 2 atom stereocenters. The third kappa shape index (κ3) is 2.57. The van der Waals surface area contributed by atoms with E-state index >= 15 is 0 Å². The monoisotopic (exact) mass is 208 g/mol. The van der Waals surface area contributed by atoms with Gasteiger partial charge in [-0.25, -0.2) is 0 Å². The van der Waals surface area contributed by atoms with E-state index in [9.17, 15) is 9.90 Å². The Kier molecular flexibility index (Phi) is 3.48. The molecule has 2 unspecified atom stereocenters. The van der Waals surface area contributed by atoms with Crippen LogP contribution in [0.1, 0.15) is 29.7 Å². The highest BCUT2D eigenvalue weighted by Crippen LogP contribution is 2.23. The van der Waals surface area contributed by atoms with E-state index in [0.717, 1.165) is 11.1 Å². The second kappa shape index (κ2) is 4.45. The summed E-state index contributed by atoms with van der Waals surface area (Å²) in [7, 11) is 0. The Labute approximate surface area is 89.4 Å². The zero-order valence-electron chi connectivity index (χ0n) is 9.19. The van der Waals surface area contributed by atoms with Crippen molar-refractivity contribution < 1.29 is 15.0 Å². The van der Waals surface area contributed by atoms with E-state index in [1.54, 1.807) is 6.07 Å². The van der Waals surface area contributed by atoms with Gasteiger partial charge in [-0.05, 0) is 37.5 Å². The number of carboxylic acid groups (broad SMARTS) is 1. The molecule has 15 heavy (non-hydrogen) atoms. The SMILES string of the molecule is Cc1ccc(C(O)C(C)C(=O)O)cc1C. The highest BCUT2D eigenvalue weighted by Gasteiger charge is 2.22. The Morgan fingerprint density at radius 1 is 1.27 bits per heavy atom. The van der Waals surface area contributed by atoms with Crippen molar-refractivity contribution in [1.82, 2.24) is 0 Å². The molecule has 3 nitrogen and oxygen atoms in total. The molecule has 3 heteroatoms. The Hall–Kier alpha value is -1.35. The lowest BCUT2D eigenvalue weighted by Gasteiger charge is -2.16. The third-order valence-electron chi connectivity index (χ3n) is 2.74. The van der Waals surface area contributed by atoms with E-state index in [-0.39, 0.29) is 0 Å². The van der Waals surface area contributed by atoms with Crippen LogP contribution in [-0.2, 0) is 4.79 Å². The number of aliphatic hydroxyl groups is 1. The standard InChI is InChI=1S/C12H16O3/c1-7-4-5-10(6-8(7)2)11(13)9(3)12(14)15/h4-6,9,11,13H,1-3H3,(H,14,15). The van der Waals surface area contributed by atoms with Crippen LogP contribution in [0, 0.1) is 19.8 Å². The first kappa shape index (κ1) is 11.7. The zero-order valence-corrected chi connectivity index (χ0v) is 9.19. The number of carboxylic acids is 1. The van der Waals surface area contributed by atoms with Gasteiger partial charge in [0.25, 0.3) is 0 Å². The zero-order chi connectivity index (χ0) is 11.6. The summed E-state index contributed by atoms with van der Waals surface area (Å²) in [6.07, 6.45) is -0.943. The van der Waals surface area contributed by atoms with Crippen molar-refractivity contribution in [2.75, 3.05) is 0 Å². The van der Waals surface area contributed by atoms with Crippen LogP contribution in [0.4, 0.5) is 0 Å². The summed E-state index contributed by atoms with van der Waals surface area (Å²) >= 11 is 0. The largest absolute Gasteiger partial charge is 0.481 e. The number of aryl methyl sites for hydroxylation is 2. The maximum Gasteiger partial charge on any atom is 0.309 e. The predicted octanol–water partition coefficient (Wildman–Crippen LogP) is 2.06. The summed E-state index contributed by atoms with van der Waals surface area (Å²) in [6.45, 7) is 5.42. The molecule has 0 aliphatic heterocycles. The summed E-state index contributed by atoms with van der Waals surface area (Å²) in [5, 5.41) is 18.6. The average Bonchev–Trinajstić information content (AvgIpc) is 2.19. The fourth-order valence-corrected chi connectivity index (χ4v) is 1.37. The smallest absolute Gasteiger partial charge is 0.309 e. The van der Waals surface area contributed by atoms with Crippen LogP contribution in [0.25, 0.3) is 0 Å². The number of aliphatic carboxylic acids is 1. The second-order valence-corrected chi connectivity index (χ2v) is 3.92. The fourth-order valence-electron chi connectivity index (χ4n) is 1.37. The first-order valence-electron chi connectivity index (χ1n) is 4.91. The molecule has 82 valence electrons. The molecule has 0 aromatic heterocycles. The van der Waals surface area contributed by atoms with Crippen molar-refractivity contribution in [3.05, 3.63) is 34.9 Å². The maximum atomic E-state index is 10.7. The van der Waals surface area contributed by atoms with Crippen molar-refractivity contribution in [3.8, 4) is 0 Å². The number of rotatable bonds is 3. The molecule has 0 aliphatic carbocycles. The summed E-state index contributed by atoms with van der Waals surface area (Å²) in [4.78, 5) is 10.7. The molecule has 0 heterocycles. The number of hydrogen-bond donors (Lipinski definition) is 2. The molecular weight excluding hydrogens is 192 g/mol. The third-order valence-corrected chi connectivity index (χ3v) is 2.74. The van der Waals surface area contributed by atoms with E-state index in [2.05, 4.69) is 0 Å². The van der Waals surface area contributed by atoms with Crippen LogP contribution in [0.15, 0.2) is 18.2 Å². The molecule has 2 N–H and O–H groups in total. The van der Waals surface area contributed by atoms with Crippen LogP contribution < -0.4 is 0 Å². The van der Waals surface area contributed by atoms with E-state index in [4.69, 9.17) is 5.11 Å². The Morgan fingerprint density at radius 3 is 2.33 bits per heavy atom. The van der Waals surface area contributed by atoms with Gasteiger partial charge in [-0.3, -0.25) is 4.79 Å². The number of carbonyl (C=O) groups is 1. The fraction of sp³-hybridized carbons (Fsp3) is 0.417. The number of benzene rings is 1. The Bertz CT molecular complexity index is 371. The van der Waals surface area contributed by atoms with Crippen molar-refractivity contribution in [1.29, 1.82) is 0 Å². The molecular formula is C12H16O3. The van der Waals surface area contributed by atoms with Gasteiger partial charge >= 0.3 is 5.97 Å². The summed E-state index contributed by atoms with van der Waals surface area (Å²) in [6, 6.07) is 5.49. The summed E-state index contributed by atoms with van der Waals surface area (Å²) in [5.74, 6) is -1.77. The average molecular weight is 208 g/mol. The maximum absolute atomic E-state index is 10.7. The first-order valence-corrected chi connectivity index (χ1v) is 4.91. The quantitative estimate of drug-likeness (QED) is 0.799. The van der Waals surface area contributed by atoms with Crippen LogP contribution in [-0.4, -0.2) is 16.2 Å². The van der Waals surface area contributed by atoms with Crippen LogP contribution >= 0.6 is 0 Å². The molecule has 0 saturated heterocycles. The van der Waals surface area contributed by atoms with E-state index < -0.39 is 18.0 Å². The first-order chi connectivity index (χ1) is 6.93. The van der Waals surface area contributed by atoms with Gasteiger partial charge in [0.1, 0.15) is 0 Å². The highest BCUT2D eigenvalue weighted by atomic mass is 16.4. The molecule has 1 rings (SSSR count). The molecule has 0 saturated carbocycles. The lowest BCUT2D eigenvalue weighted by molar-refractivity contribution is -0.145. The second-order valence-electron chi connectivity index (χ2n) is 3.92. The number of aliphatic hydroxyl groups excluding tert-OH is 1. The van der Waals surface area contributed by atoms with Gasteiger partial charge in [0.2, 0.25) is 0 Å². The minimum atomic E-state index is -0.985. The van der Waals surface area contributed by atoms with E-state index in [0.29, 0.717) is 5.56 Å². The lowest BCUT2D eigenvalue weighted by Crippen LogP contribution is -2.18. The van der Waals surface area contributed by atoms with Crippen molar-refractivity contribution in [2.45, 2.75) is 26.9 Å². The van der Waals surface area contributed by atoms with Gasteiger partial charge in [0.05, 0.1) is 12.0 Å². The van der Waals surface area contributed by atoms with Crippen LogP contribution in [0.2, 0.25) is 0 Å². The summed E-state index contributed by atoms with van der Waals surface area (Å²) < 4.78 is 0. The molecule has 0 aliphatic rings. The van der Waals surface area contributed by atoms with Crippen LogP contribution in [0.5, 0.6) is 0 Å². The molecule has 1 aromatic carbocycles. The highest BCUT2D eigenvalue weighted by molar-refractivity contribution is 5.70. The molecule has 0 radical (unpaired) electrons. The van der Waals surface area contributed by atoms with Gasteiger partial charge in [0, 0.05) is 0 Å². The van der Waals surface area contributed by atoms with Gasteiger partial charge in [-0.1, -0.05) is 18.2 Å². The van der Waals surface area contributed by atoms with Gasteiger partial charge in [-0.2, -0.15) is 0 Å². The van der Waals surface area contributed by atoms with Crippen molar-refractivity contribution >= 4 is 5.97 Å². The minimum Gasteiger partial charge on any atom is -0.481 e. The van der Waals surface area contributed by atoms with Gasteiger partial charge in [0.15, 0.2) is 0 Å².